The first-order chi connectivity index (χ1) is 8.72. The van der Waals surface area contributed by atoms with Crippen LogP contribution in [0.4, 0.5) is 5.69 Å². The molecule has 1 aromatic carbocycles. The zero-order chi connectivity index (χ0) is 13.0. The molecule has 0 aromatic heterocycles. The topological polar surface area (TPSA) is 49.8 Å². The van der Waals surface area contributed by atoms with E-state index in [1.165, 1.54) is 5.56 Å². The molecular formula is C14H19NO3. The van der Waals surface area contributed by atoms with Crippen LogP contribution in [-0.2, 0) is 16.0 Å². The van der Waals surface area contributed by atoms with E-state index < -0.39 is 12.1 Å². The van der Waals surface area contributed by atoms with E-state index in [0.717, 1.165) is 25.1 Å². The van der Waals surface area contributed by atoms with Gasteiger partial charge in [0.15, 0.2) is 6.10 Å². The molecule has 0 fully saturated rings. The van der Waals surface area contributed by atoms with E-state index in [2.05, 4.69) is 17.0 Å². The van der Waals surface area contributed by atoms with E-state index in [1.54, 1.807) is 0 Å². The lowest BCUT2D eigenvalue weighted by Gasteiger charge is -2.32. The molecule has 1 aromatic rings. The first-order valence-corrected chi connectivity index (χ1v) is 6.39. The summed E-state index contributed by atoms with van der Waals surface area (Å²) in [4.78, 5) is 13.2. The van der Waals surface area contributed by atoms with Gasteiger partial charge < -0.3 is 14.7 Å². The van der Waals surface area contributed by atoms with Gasteiger partial charge in [0, 0.05) is 18.8 Å². The van der Waals surface area contributed by atoms with Crippen LogP contribution in [0.15, 0.2) is 24.3 Å². The Morgan fingerprint density at radius 2 is 2.28 bits per heavy atom. The number of carboxylic acids is 1. The quantitative estimate of drug-likeness (QED) is 0.866. The van der Waals surface area contributed by atoms with Crippen LogP contribution in [0.25, 0.3) is 0 Å². The first kappa shape index (κ1) is 12.9. The Balaban J connectivity index is 2.12. The van der Waals surface area contributed by atoms with E-state index >= 15 is 0 Å². The van der Waals surface area contributed by atoms with Crippen LogP contribution in [-0.4, -0.2) is 36.9 Å². The number of hydrogen-bond donors (Lipinski definition) is 1. The van der Waals surface area contributed by atoms with Crippen LogP contribution in [0.3, 0.4) is 0 Å². The largest absolute Gasteiger partial charge is 0.479 e. The van der Waals surface area contributed by atoms with Crippen LogP contribution in [0.2, 0.25) is 0 Å². The molecule has 2 rings (SSSR count). The highest BCUT2D eigenvalue weighted by molar-refractivity contribution is 5.73. The number of benzene rings is 1. The fraction of sp³-hybridized carbons (Fsp3) is 0.500. The molecule has 1 aliphatic heterocycles. The second kappa shape index (κ2) is 5.87. The van der Waals surface area contributed by atoms with Gasteiger partial charge in [0.25, 0.3) is 0 Å². The van der Waals surface area contributed by atoms with Crippen molar-refractivity contribution in [3.05, 3.63) is 29.8 Å². The van der Waals surface area contributed by atoms with Crippen LogP contribution < -0.4 is 4.90 Å². The van der Waals surface area contributed by atoms with Crippen molar-refractivity contribution in [2.24, 2.45) is 0 Å². The predicted molar refractivity (Wildman–Crippen MR) is 70.0 cm³/mol. The summed E-state index contributed by atoms with van der Waals surface area (Å²) in [5, 5.41) is 9.13. The van der Waals surface area contributed by atoms with E-state index in [9.17, 15) is 4.79 Å². The number of hydrogen-bond acceptors (Lipinski definition) is 3. The Hall–Kier alpha value is -1.55. The molecular weight excluding hydrogens is 230 g/mol. The zero-order valence-electron chi connectivity index (χ0n) is 10.6. The molecule has 4 heteroatoms. The molecule has 1 unspecified atom stereocenters. The average molecular weight is 249 g/mol. The van der Waals surface area contributed by atoms with Crippen molar-refractivity contribution in [1.29, 1.82) is 0 Å². The first-order valence-electron chi connectivity index (χ1n) is 6.39. The fourth-order valence-electron chi connectivity index (χ4n) is 2.40. The highest BCUT2D eigenvalue weighted by Gasteiger charge is 2.24. The third-order valence-electron chi connectivity index (χ3n) is 3.24. The standard InChI is InChI=1S/C14H19NO3/c1-2-18-13(14(16)17)10-15-9-5-7-11-6-3-4-8-12(11)15/h3-4,6,8,13H,2,5,7,9-10H2,1H3,(H,16,17). The number of rotatable bonds is 5. The molecule has 0 saturated heterocycles. The summed E-state index contributed by atoms with van der Waals surface area (Å²) in [6.07, 6.45) is 1.38. The third-order valence-corrected chi connectivity index (χ3v) is 3.24. The maximum Gasteiger partial charge on any atom is 0.334 e. The zero-order valence-corrected chi connectivity index (χ0v) is 10.6. The minimum Gasteiger partial charge on any atom is -0.479 e. The molecule has 18 heavy (non-hydrogen) atoms. The molecule has 0 radical (unpaired) electrons. The Kier molecular flexibility index (Phi) is 4.20. The van der Waals surface area contributed by atoms with Gasteiger partial charge >= 0.3 is 5.97 Å². The molecule has 1 aliphatic rings. The summed E-state index contributed by atoms with van der Waals surface area (Å²) in [7, 11) is 0. The number of fused-ring (bicyclic) bond motifs is 1. The van der Waals surface area contributed by atoms with Crippen molar-refractivity contribution in [3.63, 3.8) is 0 Å². The van der Waals surface area contributed by atoms with Crippen molar-refractivity contribution < 1.29 is 14.6 Å². The maximum atomic E-state index is 11.1. The van der Waals surface area contributed by atoms with Crippen molar-refractivity contribution in [2.75, 3.05) is 24.6 Å². The number of carboxylic acid groups (broad SMARTS) is 1. The van der Waals surface area contributed by atoms with E-state index in [4.69, 9.17) is 9.84 Å². The van der Waals surface area contributed by atoms with Crippen LogP contribution in [0, 0.1) is 0 Å². The number of ether oxygens (including phenoxy) is 1. The summed E-state index contributed by atoms with van der Waals surface area (Å²) in [5.74, 6) is -0.889. The van der Waals surface area contributed by atoms with Crippen molar-refractivity contribution in [1.82, 2.24) is 0 Å². The molecule has 0 bridgehead atoms. The van der Waals surface area contributed by atoms with Gasteiger partial charge in [-0.3, -0.25) is 0 Å². The van der Waals surface area contributed by atoms with Crippen LogP contribution in [0.5, 0.6) is 0 Å². The minimum atomic E-state index is -0.889. The number of aryl methyl sites for hydroxylation is 1. The summed E-state index contributed by atoms with van der Waals surface area (Å²) >= 11 is 0. The molecule has 0 spiro atoms. The highest BCUT2D eigenvalue weighted by atomic mass is 16.5. The monoisotopic (exact) mass is 249 g/mol. The minimum absolute atomic E-state index is 0.417. The number of nitrogens with zero attached hydrogens (tertiary/aromatic N) is 1. The summed E-state index contributed by atoms with van der Waals surface area (Å²) in [6, 6.07) is 8.18. The van der Waals surface area contributed by atoms with E-state index in [1.807, 2.05) is 19.1 Å². The van der Waals surface area contributed by atoms with Gasteiger partial charge in [-0.05, 0) is 31.4 Å². The summed E-state index contributed by atoms with van der Waals surface area (Å²) in [6.45, 7) is 3.56. The normalized spacial score (nSPS) is 16.2. The molecule has 98 valence electrons. The van der Waals surface area contributed by atoms with Gasteiger partial charge in [-0.15, -0.1) is 0 Å². The highest BCUT2D eigenvalue weighted by Crippen LogP contribution is 2.26. The summed E-state index contributed by atoms with van der Waals surface area (Å²) in [5.41, 5.74) is 2.44. The molecule has 1 N–H and O–H groups in total. The van der Waals surface area contributed by atoms with Crippen molar-refractivity contribution >= 4 is 11.7 Å². The average Bonchev–Trinajstić information content (AvgIpc) is 2.38. The summed E-state index contributed by atoms with van der Waals surface area (Å²) < 4.78 is 5.28. The van der Waals surface area contributed by atoms with E-state index in [-0.39, 0.29) is 0 Å². The molecule has 4 nitrogen and oxygen atoms in total. The third kappa shape index (κ3) is 2.82. The lowest BCUT2D eigenvalue weighted by atomic mass is 10.0. The Morgan fingerprint density at radius 3 is 3.00 bits per heavy atom. The fourth-order valence-corrected chi connectivity index (χ4v) is 2.40. The van der Waals surface area contributed by atoms with Gasteiger partial charge in [-0.2, -0.15) is 0 Å². The lowest BCUT2D eigenvalue weighted by Crippen LogP contribution is -2.41. The number of para-hydroxylation sites is 1. The lowest BCUT2D eigenvalue weighted by molar-refractivity contribution is -0.149. The maximum absolute atomic E-state index is 11.1. The molecule has 1 atom stereocenters. The Morgan fingerprint density at radius 1 is 1.50 bits per heavy atom. The number of carbonyl (C=O) groups is 1. The Labute approximate surface area is 107 Å². The van der Waals surface area contributed by atoms with Crippen molar-refractivity contribution in [3.8, 4) is 0 Å². The van der Waals surface area contributed by atoms with Gasteiger partial charge in [0.1, 0.15) is 0 Å². The molecule has 0 saturated carbocycles. The van der Waals surface area contributed by atoms with Gasteiger partial charge in [0.05, 0.1) is 6.54 Å². The number of anilines is 1. The van der Waals surface area contributed by atoms with Gasteiger partial charge in [0.2, 0.25) is 0 Å². The molecule has 0 aliphatic carbocycles. The predicted octanol–water partition coefficient (Wildman–Crippen LogP) is 1.93. The SMILES string of the molecule is CCOC(CN1CCCc2ccccc21)C(=O)O. The molecule has 0 amide bonds. The van der Waals surface area contributed by atoms with Crippen LogP contribution in [0.1, 0.15) is 18.9 Å². The second-order valence-electron chi connectivity index (χ2n) is 4.46. The van der Waals surface area contributed by atoms with Crippen LogP contribution >= 0.6 is 0 Å². The molecule has 1 heterocycles. The van der Waals surface area contributed by atoms with E-state index in [0.29, 0.717) is 13.2 Å². The second-order valence-corrected chi connectivity index (χ2v) is 4.46. The Bertz CT molecular complexity index is 419. The number of aliphatic carboxylic acids is 1. The van der Waals surface area contributed by atoms with Gasteiger partial charge in [-0.1, -0.05) is 18.2 Å². The van der Waals surface area contributed by atoms with Crippen molar-refractivity contribution in [2.45, 2.75) is 25.9 Å². The smallest absolute Gasteiger partial charge is 0.334 e. The van der Waals surface area contributed by atoms with Gasteiger partial charge in [-0.25, -0.2) is 4.79 Å².